The number of aromatic nitrogens is 1. The summed E-state index contributed by atoms with van der Waals surface area (Å²) in [5.74, 6) is -0.102. The Kier molecular flexibility index (Phi) is 3.67. The fourth-order valence-corrected chi connectivity index (χ4v) is 1.94. The van der Waals surface area contributed by atoms with E-state index in [1.54, 1.807) is 19.1 Å². The number of nitrogens with one attached hydrogen (secondary N) is 1. The summed E-state index contributed by atoms with van der Waals surface area (Å²) >= 11 is 6.07. The summed E-state index contributed by atoms with van der Waals surface area (Å²) in [5, 5.41) is 7.11. The van der Waals surface area contributed by atoms with Crippen molar-refractivity contribution in [2.75, 3.05) is 0 Å². The fraction of sp³-hybridized carbons (Fsp3) is 0.231. The normalized spacial score (nSPS) is 12.2. The highest BCUT2D eigenvalue weighted by Gasteiger charge is 2.16. The Morgan fingerprint density at radius 1 is 1.44 bits per heavy atom. The van der Waals surface area contributed by atoms with Gasteiger partial charge in [-0.15, -0.1) is 0 Å². The molecule has 1 amide bonds. The van der Waals surface area contributed by atoms with Crippen LogP contribution < -0.4 is 5.32 Å². The van der Waals surface area contributed by atoms with Crippen LogP contribution in [0.3, 0.4) is 0 Å². The van der Waals surface area contributed by atoms with Crippen LogP contribution in [0.25, 0.3) is 0 Å². The van der Waals surface area contributed by atoms with E-state index in [2.05, 4.69) is 10.5 Å². The smallest absolute Gasteiger partial charge is 0.290 e. The van der Waals surface area contributed by atoms with Gasteiger partial charge >= 0.3 is 0 Å². The number of benzene rings is 1. The Labute approximate surface area is 110 Å². The van der Waals surface area contributed by atoms with Gasteiger partial charge in [-0.1, -0.05) is 35.0 Å². The molecule has 0 bridgehead atoms. The van der Waals surface area contributed by atoms with Gasteiger partial charge < -0.3 is 9.84 Å². The van der Waals surface area contributed by atoms with Gasteiger partial charge in [0.05, 0.1) is 11.7 Å². The van der Waals surface area contributed by atoms with Crippen molar-refractivity contribution in [3.63, 3.8) is 0 Å². The predicted octanol–water partition coefficient (Wildman–Crippen LogP) is 3.13. The zero-order chi connectivity index (χ0) is 13.1. The topological polar surface area (TPSA) is 55.1 Å². The van der Waals surface area contributed by atoms with Crippen LogP contribution in [-0.2, 0) is 0 Å². The van der Waals surface area contributed by atoms with Gasteiger partial charge in [-0.25, -0.2) is 0 Å². The Balaban J connectivity index is 2.10. The van der Waals surface area contributed by atoms with E-state index in [0.29, 0.717) is 10.7 Å². The molecule has 4 nitrogen and oxygen atoms in total. The van der Waals surface area contributed by atoms with E-state index >= 15 is 0 Å². The van der Waals surface area contributed by atoms with Gasteiger partial charge in [-0.2, -0.15) is 0 Å². The number of rotatable bonds is 3. The highest BCUT2D eigenvalue weighted by atomic mass is 35.5. The predicted molar refractivity (Wildman–Crippen MR) is 68.6 cm³/mol. The molecule has 1 atom stereocenters. The number of nitrogens with zero attached hydrogens (tertiary/aromatic N) is 1. The van der Waals surface area contributed by atoms with Gasteiger partial charge in [0.15, 0.2) is 0 Å². The summed E-state index contributed by atoms with van der Waals surface area (Å²) in [6, 6.07) is 8.78. The second kappa shape index (κ2) is 5.23. The SMILES string of the molecule is Cc1cc(C(=O)NC(C)c2ccccc2Cl)on1. The van der Waals surface area contributed by atoms with E-state index in [0.717, 1.165) is 5.56 Å². The number of carbonyl (C=O) groups is 1. The van der Waals surface area contributed by atoms with Gasteiger partial charge in [0.2, 0.25) is 5.76 Å². The lowest BCUT2D eigenvalue weighted by molar-refractivity contribution is 0.0902. The molecule has 2 rings (SSSR count). The van der Waals surface area contributed by atoms with Crippen LogP contribution in [0.1, 0.15) is 34.8 Å². The third kappa shape index (κ3) is 2.71. The van der Waals surface area contributed by atoms with Crippen LogP contribution in [0.5, 0.6) is 0 Å². The Morgan fingerprint density at radius 3 is 2.78 bits per heavy atom. The molecule has 1 aromatic heterocycles. The lowest BCUT2D eigenvalue weighted by Crippen LogP contribution is -2.26. The van der Waals surface area contributed by atoms with Crippen molar-refractivity contribution >= 4 is 17.5 Å². The minimum absolute atomic E-state index is 0.198. The average molecular weight is 265 g/mol. The van der Waals surface area contributed by atoms with Crippen LogP contribution in [0.4, 0.5) is 0 Å². The Bertz CT molecular complexity index is 566. The van der Waals surface area contributed by atoms with Gasteiger partial charge in [0, 0.05) is 11.1 Å². The molecule has 94 valence electrons. The lowest BCUT2D eigenvalue weighted by Gasteiger charge is -2.14. The van der Waals surface area contributed by atoms with Crippen molar-refractivity contribution < 1.29 is 9.32 Å². The van der Waals surface area contributed by atoms with Crippen molar-refractivity contribution in [1.29, 1.82) is 0 Å². The molecule has 18 heavy (non-hydrogen) atoms. The Hall–Kier alpha value is -1.81. The monoisotopic (exact) mass is 264 g/mol. The maximum atomic E-state index is 11.9. The van der Waals surface area contributed by atoms with Crippen LogP contribution in [-0.4, -0.2) is 11.1 Å². The summed E-state index contributed by atoms with van der Waals surface area (Å²) in [6.45, 7) is 3.63. The van der Waals surface area contributed by atoms with Crippen molar-refractivity contribution in [2.24, 2.45) is 0 Å². The maximum Gasteiger partial charge on any atom is 0.290 e. The van der Waals surface area contributed by atoms with E-state index in [9.17, 15) is 4.79 Å². The van der Waals surface area contributed by atoms with Gasteiger partial charge in [-0.05, 0) is 25.5 Å². The van der Waals surface area contributed by atoms with E-state index < -0.39 is 0 Å². The average Bonchev–Trinajstić information content (AvgIpc) is 2.76. The first kappa shape index (κ1) is 12.6. The van der Waals surface area contributed by atoms with Crippen molar-refractivity contribution in [3.05, 3.63) is 52.4 Å². The number of halogens is 1. The summed E-state index contributed by atoms with van der Waals surface area (Å²) in [6.07, 6.45) is 0. The number of carbonyl (C=O) groups excluding carboxylic acids is 1. The van der Waals surface area contributed by atoms with Gasteiger partial charge in [-0.3, -0.25) is 4.79 Å². The van der Waals surface area contributed by atoms with Crippen LogP contribution in [0.2, 0.25) is 5.02 Å². The molecular formula is C13H13ClN2O2. The lowest BCUT2D eigenvalue weighted by atomic mass is 10.1. The summed E-state index contributed by atoms with van der Waals surface area (Å²) in [5.41, 5.74) is 1.54. The number of amides is 1. The number of hydrogen-bond acceptors (Lipinski definition) is 3. The van der Waals surface area contributed by atoms with Crippen molar-refractivity contribution in [2.45, 2.75) is 19.9 Å². The van der Waals surface area contributed by atoms with Crippen molar-refractivity contribution in [3.8, 4) is 0 Å². The first-order valence-electron chi connectivity index (χ1n) is 5.56. The van der Waals surface area contributed by atoms with Gasteiger partial charge in [0.1, 0.15) is 0 Å². The molecule has 0 saturated heterocycles. The van der Waals surface area contributed by atoms with Gasteiger partial charge in [0.25, 0.3) is 5.91 Å². The minimum atomic E-state index is -0.303. The maximum absolute atomic E-state index is 11.9. The molecular weight excluding hydrogens is 252 g/mol. The quantitative estimate of drug-likeness (QED) is 0.927. The molecule has 1 aromatic carbocycles. The second-order valence-corrected chi connectivity index (χ2v) is 4.46. The molecule has 1 unspecified atom stereocenters. The molecule has 0 radical (unpaired) electrons. The highest BCUT2D eigenvalue weighted by Crippen LogP contribution is 2.22. The molecule has 0 aliphatic heterocycles. The molecule has 0 aliphatic rings. The standard InChI is InChI=1S/C13H13ClN2O2/c1-8-7-12(18-16-8)13(17)15-9(2)10-5-3-4-6-11(10)14/h3-7,9H,1-2H3,(H,15,17). The fourth-order valence-electron chi connectivity index (χ4n) is 1.64. The highest BCUT2D eigenvalue weighted by molar-refractivity contribution is 6.31. The zero-order valence-corrected chi connectivity index (χ0v) is 10.9. The summed E-state index contributed by atoms with van der Waals surface area (Å²) in [7, 11) is 0. The molecule has 1 heterocycles. The third-order valence-corrected chi connectivity index (χ3v) is 2.92. The number of aryl methyl sites for hydroxylation is 1. The van der Waals surface area contributed by atoms with E-state index in [1.807, 2.05) is 25.1 Å². The van der Waals surface area contributed by atoms with Crippen LogP contribution in [0.15, 0.2) is 34.9 Å². The first-order chi connectivity index (χ1) is 8.58. The van der Waals surface area contributed by atoms with Crippen LogP contribution in [0, 0.1) is 6.92 Å². The van der Waals surface area contributed by atoms with Crippen molar-refractivity contribution in [1.82, 2.24) is 10.5 Å². The summed E-state index contributed by atoms with van der Waals surface area (Å²) < 4.78 is 4.90. The molecule has 1 N–H and O–H groups in total. The summed E-state index contributed by atoms with van der Waals surface area (Å²) in [4.78, 5) is 11.9. The largest absolute Gasteiger partial charge is 0.351 e. The third-order valence-electron chi connectivity index (χ3n) is 2.57. The molecule has 0 saturated carbocycles. The van der Waals surface area contributed by atoms with E-state index in [4.69, 9.17) is 16.1 Å². The Morgan fingerprint density at radius 2 is 2.17 bits per heavy atom. The number of hydrogen-bond donors (Lipinski definition) is 1. The van der Waals surface area contributed by atoms with Crippen LogP contribution >= 0.6 is 11.6 Å². The first-order valence-corrected chi connectivity index (χ1v) is 5.94. The zero-order valence-electron chi connectivity index (χ0n) is 10.1. The minimum Gasteiger partial charge on any atom is -0.351 e. The molecule has 0 fully saturated rings. The molecule has 5 heteroatoms. The van der Waals surface area contributed by atoms with E-state index in [-0.39, 0.29) is 17.7 Å². The molecule has 2 aromatic rings. The van der Waals surface area contributed by atoms with E-state index in [1.165, 1.54) is 0 Å². The molecule has 0 spiro atoms. The second-order valence-electron chi connectivity index (χ2n) is 4.05. The molecule has 0 aliphatic carbocycles.